The zero-order chi connectivity index (χ0) is 21.2. The summed E-state index contributed by atoms with van der Waals surface area (Å²) in [5, 5.41) is 0. The molecule has 0 aromatic heterocycles. The molecule has 0 aromatic rings. The third-order valence-electron chi connectivity index (χ3n) is 4.67. The van der Waals surface area contributed by atoms with Crippen molar-refractivity contribution < 1.29 is 28.6 Å². The first-order chi connectivity index (χ1) is 13.4. The molecular weight excluding hydrogens is 360 g/mol. The molecule has 0 radical (unpaired) electrons. The lowest BCUT2D eigenvalue weighted by Crippen LogP contribution is -2.31. The molecule has 0 rings (SSSR count). The van der Waals surface area contributed by atoms with E-state index in [1.165, 1.54) is 0 Å². The molecule has 164 valence electrons. The van der Waals surface area contributed by atoms with Crippen LogP contribution in [0.15, 0.2) is 0 Å². The summed E-state index contributed by atoms with van der Waals surface area (Å²) in [5.74, 6) is -0.523. The first-order valence-corrected chi connectivity index (χ1v) is 10.9. The topological polar surface area (TPSA) is 78.9 Å². The van der Waals surface area contributed by atoms with Gasteiger partial charge in [-0.3, -0.25) is 14.4 Å². The van der Waals surface area contributed by atoms with Crippen LogP contribution in [0.4, 0.5) is 0 Å². The number of unbranched alkanes of at least 4 members (excludes halogenated alkanes) is 4. The first-order valence-electron chi connectivity index (χ1n) is 10.9. The Kier molecular flexibility index (Phi) is 16.5. The van der Waals surface area contributed by atoms with Gasteiger partial charge in [0.05, 0.1) is 0 Å². The molecule has 0 fully saturated rings. The normalized spacial score (nSPS) is 12.9. The van der Waals surface area contributed by atoms with E-state index in [-0.39, 0.29) is 31.1 Å². The van der Waals surface area contributed by atoms with Gasteiger partial charge in [0.25, 0.3) is 0 Å². The molecule has 0 heterocycles. The first kappa shape index (κ1) is 26.4. The van der Waals surface area contributed by atoms with Gasteiger partial charge in [-0.05, 0) is 25.2 Å². The highest BCUT2D eigenvalue weighted by molar-refractivity contribution is 5.71. The van der Waals surface area contributed by atoms with E-state index in [0.29, 0.717) is 25.2 Å². The zero-order valence-electron chi connectivity index (χ0n) is 18.3. The second-order valence-electron chi connectivity index (χ2n) is 7.44. The van der Waals surface area contributed by atoms with Crippen molar-refractivity contribution in [3.63, 3.8) is 0 Å². The molecule has 0 saturated heterocycles. The van der Waals surface area contributed by atoms with Crippen molar-refractivity contribution >= 4 is 17.9 Å². The van der Waals surface area contributed by atoms with Crippen molar-refractivity contribution in [1.29, 1.82) is 0 Å². The van der Waals surface area contributed by atoms with Crippen molar-refractivity contribution in [3.05, 3.63) is 0 Å². The minimum Gasteiger partial charge on any atom is -0.462 e. The van der Waals surface area contributed by atoms with Gasteiger partial charge < -0.3 is 14.2 Å². The quantitative estimate of drug-likeness (QED) is 0.195. The number of esters is 3. The third-order valence-corrected chi connectivity index (χ3v) is 4.67. The lowest BCUT2D eigenvalue weighted by Gasteiger charge is -2.18. The maximum atomic E-state index is 12.0. The van der Waals surface area contributed by atoms with Crippen LogP contribution >= 0.6 is 0 Å². The Hall–Kier alpha value is -1.59. The lowest BCUT2D eigenvalue weighted by molar-refractivity contribution is -0.167. The number of hydrogen-bond donors (Lipinski definition) is 0. The SMILES string of the molecule is CCCCCC(=O)OCC(COC(=O)CCC(C)CC)OC(=O)CCCCC. The summed E-state index contributed by atoms with van der Waals surface area (Å²) in [5.41, 5.74) is 0. The molecule has 0 saturated carbocycles. The van der Waals surface area contributed by atoms with Crippen molar-refractivity contribution in [2.75, 3.05) is 13.2 Å². The van der Waals surface area contributed by atoms with Crippen LogP contribution in [0.2, 0.25) is 0 Å². The second-order valence-corrected chi connectivity index (χ2v) is 7.44. The number of ether oxygens (including phenoxy) is 3. The molecule has 0 aliphatic rings. The van der Waals surface area contributed by atoms with E-state index in [1.807, 2.05) is 0 Å². The fourth-order valence-electron chi connectivity index (χ4n) is 2.48. The largest absolute Gasteiger partial charge is 0.462 e. The summed E-state index contributed by atoms with van der Waals surface area (Å²) in [6.07, 6.45) is 7.53. The molecule has 6 nitrogen and oxygen atoms in total. The smallest absolute Gasteiger partial charge is 0.306 e. The predicted octanol–water partition coefficient (Wildman–Crippen LogP) is 4.97. The van der Waals surface area contributed by atoms with Gasteiger partial charge in [0.15, 0.2) is 6.10 Å². The Morgan fingerprint density at radius 1 is 0.714 bits per heavy atom. The van der Waals surface area contributed by atoms with Crippen LogP contribution in [0.1, 0.15) is 98.3 Å². The van der Waals surface area contributed by atoms with Crippen molar-refractivity contribution in [2.45, 2.75) is 104 Å². The van der Waals surface area contributed by atoms with E-state index >= 15 is 0 Å². The van der Waals surface area contributed by atoms with E-state index in [0.717, 1.165) is 51.4 Å². The average molecular weight is 401 g/mol. The Balaban J connectivity index is 4.43. The van der Waals surface area contributed by atoms with Gasteiger partial charge in [-0.1, -0.05) is 59.8 Å². The molecule has 0 aliphatic heterocycles. The molecule has 0 aliphatic carbocycles. The number of rotatable bonds is 17. The van der Waals surface area contributed by atoms with Gasteiger partial charge in [0.1, 0.15) is 13.2 Å². The molecule has 0 aromatic carbocycles. The molecule has 28 heavy (non-hydrogen) atoms. The van der Waals surface area contributed by atoms with Crippen LogP contribution in [0.3, 0.4) is 0 Å². The van der Waals surface area contributed by atoms with E-state index in [1.54, 1.807) is 0 Å². The van der Waals surface area contributed by atoms with Crippen molar-refractivity contribution in [2.24, 2.45) is 5.92 Å². The van der Waals surface area contributed by atoms with Crippen LogP contribution < -0.4 is 0 Å². The maximum absolute atomic E-state index is 12.0. The van der Waals surface area contributed by atoms with Gasteiger partial charge in [0.2, 0.25) is 0 Å². The Morgan fingerprint density at radius 3 is 1.71 bits per heavy atom. The Morgan fingerprint density at radius 2 is 1.21 bits per heavy atom. The zero-order valence-corrected chi connectivity index (χ0v) is 18.3. The van der Waals surface area contributed by atoms with Gasteiger partial charge in [-0.2, -0.15) is 0 Å². The van der Waals surface area contributed by atoms with Gasteiger partial charge in [-0.25, -0.2) is 0 Å². The lowest BCUT2D eigenvalue weighted by atomic mass is 10.0. The molecule has 0 spiro atoms. The van der Waals surface area contributed by atoms with Crippen LogP contribution in [-0.4, -0.2) is 37.2 Å². The summed E-state index contributed by atoms with van der Waals surface area (Å²) in [6, 6.07) is 0. The molecular formula is C22H40O6. The summed E-state index contributed by atoms with van der Waals surface area (Å²) in [7, 11) is 0. The predicted molar refractivity (Wildman–Crippen MR) is 109 cm³/mol. The minimum atomic E-state index is -0.753. The Labute approximate surface area is 170 Å². The third kappa shape index (κ3) is 15.5. The molecule has 0 N–H and O–H groups in total. The molecule has 2 unspecified atom stereocenters. The minimum absolute atomic E-state index is 0.0802. The second kappa shape index (κ2) is 17.5. The van der Waals surface area contributed by atoms with E-state index in [2.05, 4.69) is 27.7 Å². The average Bonchev–Trinajstić information content (AvgIpc) is 2.68. The van der Waals surface area contributed by atoms with E-state index in [4.69, 9.17) is 14.2 Å². The van der Waals surface area contributed by atoms with Crippen molar-refractivity contribution in [3.8, 4) is 0 Å². The van der Waals surface area contributed by atoms with Gasteiger partial charge >= 0.3 is 17.9 Å². The fraction of sp³-hybridized carbons (Fsp3) is 0.864. The molecule has 2 atom stereocenters. The van der Waals surface area contributed by atoms with Crippen LogP contribution in [0.5, 0.6) is 0 Å². The van der Waals surface area contributed by atoms with Crippen LogP contribution in [-0.2, 0) is 28.6 Å². The number of carbonyl (C=O) groups excluding carboxylic acids is 3. The van der Waals surface area contributed by atoms with Gasteiger partial charge in [0, 0.05) is 19.3 Å². The highest BCUT2D eigenvalue weighted by atomic mass is 16.6. The van der Waals surface area contributed by atoms with Crippen molar-refractivity contribution in [1.82, 2.24) is 0 Å². The molecule has 0 bridgehead atoms. The summed E-state index contributed by atoms with van der Waals surface area (Å²) < 4.78 is 15.8. The van der Waals surface area contributed by atoms with E-state index < -0.39 is 6.10 Å². The summed E-state index contributed by atoms with van der Waals surface area (Å²) >= 11 is 0. The number of hydrogen-bond acceptors (Lipinski definition) is 6. The highest BCUT2D eigenvalue weighted by Gasteiger charge is 2.19. The van der Waals surface area contributed by atoms with Crippen LogP contribution in [0, 0.1) is 5.92 Å². The van der Waals surface area contributed by atoms with Crippen LogP contribution in [0.25, 0.3) is 0 Å². The molecule has 0 amide bonds. The van der Waals surface area contributed by atoms with Gasteiger partial charge in [-0.15, -0.1) is 0 Å². The standard InChI is InChI=1S/C22H40O6/c1-5-8-10-12-20(23)26-16-19(28-22(25)13-11-9-6-2)17-27-21(24)15-14-18(4)7-3/h18-19H,5-17H2,1-4H3. The summed E-state index contributed by atoms with van der Waals surface area (Å²) in [4.78, 5) is 35.7. The van der Waals surface area contributed by atoms with E-state index in [9.17, 15) is 14.4 Å². The highest BCUT2D eigenvalue weighted by Crippen LogP contribution is 2.11. The number of carbonyl (C=O) groups is 3. The maximum Gasteiger partial charge on any atom is 0.306 e. The monoisotopic (exact) mass is 400 g/mol. The summed E-state index contributed by atoms with van der Waals surface area (Å²) in [6.45, 7) is 8.13. The fourth-order valence-corrected chi connectivity index (χ4v) is 2.48. The molecule has 6 heteroatoms. The Bertz CT molecular complexity index is 435.